The fourth-order valence-corrected chi connectivity index (χ4v) is 4.51. The van der Waals surface area contributed by atoms with Gasteiger partial charge in [0.05, 0.1) is 0 Å². The average molecular weight is 362 g/mol. The molecule has 0 atom stereocenters. The molecule has 0 bridgehead atoms. The molecule has 1 heteroatoms. The topological polar surface area (TPSA) is 20.2 Å². The lowest BCUT2D eigenvalue weighted by atomic mass is 9.83. The summed E-state index contributed by atoms with van der Waals surface area (Å²) < 4.78 is 0. The van der Waals surface area contributed by atoms with E-state index in [1.165, 1.54) is 50.1 Å². The van der Waals surface area contributed by atoms with E-state index in [2.05, 4.69) is 91.0 Å². The molecule has 28 heavy (non-hydrogen) atoms. The van der Waals surface area contributed by atoms with Crippen LogP contribution in [0.25, 0.3) is 33.4 Å². The number of hydrogen-bond donors (Lipinski definition) is 1. The van der Waals surface area contributed by atoms with E-state index in [9.17, 15) is 5.11 Å². The Morgan fingerprint density at radius 2 is 1.25 bits per heavy atom. The van der Waals surface area contributed by atoms with Gasteiger partial charge < -0.3 is 5.11 Å². The second kappa shape index (κ2) is 7.10. The van der Waals surface area contributed by atoms with Crippen LogP contribution in [0.3, 0.4) is 0 Å². The Kier molecular flexibility index (Phi) is 4.31. The Balaban J connectivity index is 1.88. The first kappa shape index (κ1) is 17.0. The molecule has 1 nitrogen and oxygen atoms in total. The Labute approximate surface area is 165 Å². The molecule has 1 aliphatic carbocycles. The van der Waals surface area contributed by atoms with Crippen LogP contribution in [0.4, 0.5) is 0 Å². The minimum Gasteiger partial charge on any atom is -0.396 e. The number of fused-ring (bicyclic) bond motifs is 3. The lowest BCUT2D eigenvalue weighted by Crippen LogP contribution is -2.01. The van der Waals surface area contributed by atoms with Crippen molar-refractivity contribution in [3.05, 3.63) is 108 Å². The lowest BCUT2D eigenvalue weighted by Gasteiger charge is -2.20. The van der Waals surface area contributed by atoms with Gasteiger partial charge in [-0.2, -0.15) is 0 Å². The summed E-state index contributed by atoms with van der Waals surface area (Å²) in [6.07, 6.45) is 1.61. The summed E-state index contributed by atoms with van der Waals surface area (Å²) in [7, 11) is 0. The highest BCUT2D eigenvalue weighted by Crippen LogP contribution is 2.47. The molecule has 0 aliphatic heterocycles. The maximum atomic E-state index is 9.80. The molecule has 0 saturated heterocycles. The quantitative estimate of drug-likeness (QED) is 0.408. The number of rotatable bonds is 4. The highest BCUT2D eigenvalue weighted by Gasteiger charge is 2.26. The zero-order valence-corrected chi connectivity index (χ0v) is 15.7. The van der Waals surface area contributed by atoms with Crippen LogP contribution in [0.1, 0.15) is 16.7 Å². The number of hydrogen-bond acceptors (Lipinski definition) is 1. The predicted molar refractivity (Wildman–Crippen MR) is 116 cm³/mol. The van der Waals surface area contributed by atoms with Gasteiger partial charge in [-0.1, -0.05) is 91.0 Å². The number of aliphatic hydroxyl groups is 1. The van der Waals surface area contributed by atoms with Crippen LogP contribution in [-0.4, -0.2) is 11.7 Å². The molecular formula is C27H22O. The van der Waals surface area contributed by atoms with Crippen LogP contribution < -0.4 is 0 Å². The summed E-state index contributed by atoms with van der Waals surface area (Å²) in [5.74, 6) is 0. The molecule has 0 amide bonds. The van der Waals surface area contributed by atoms with Crippen molar-refractivity contribution in [1.29, 1.82) is 0 Å². The molecule has 4 aromatic carbocycles. The van der Waals surface area contributed by atoms with Gasteiger partial charge in [-0.05, 0) is 62.9 Å². The van der Waals surface area contributed by atoms with E-state index >= 15 is 0 Å². The molecule has 136 valence electrons. The van der Waals surface area contributed by atoms with Crippen molar-refractivity contribution in [2.45, 2.75) is 12.8 Å². The highest BCUT2D eigenvalue weighted by molar-refractivity contribution is 5.95. The Bertz CT molecular complexity index is 1130. The van der Waals surface area contributed by atoms with Crippen LogP contribution >= 0.6 is 0 Å². The first-order valence-electron chi connectivity index (χ1n) is 9.85. The molecule has 0 radical (unpaired) electrons. The van der Waals surface area contributed by atoms with Gasteiger partial charge in [0.25, 0.3) is 0 Å². The molecule has 0 spiro atoms. The lowest BCUT2D eigenvalue weighted by molar-refractivity contribution is 0.300. The van der Waals surface area contributed by atoms with Gasteiger partial charge in [-0.15, -0.1) is 0 Å². The van der Waals surface area contributed by atoms with Gasteiger partial charge in [-0.25, -0.2) is 0 Å². The molecule has 5 rings (SSSR count). The standard InChI is InChI=1S/C27H22O/c28-16-15-22-18-24-23-14-8-7-13-21(23)17-25(24)27(20-11-5-2-6-12-20)26(22)19-9-3-1-4-10-19/h1-14,18,28H,15-17H2. The van der Waals surface area contributed by atoms with Crippen molar-refractivity contribution in [3.63, 3.8) is 0 Å². The molecular weight excluding hydrogens is 340 g/mol. The Hall–Kier alpha value is -3.16. The van der Waals surface area contributed by atoms with Crippen molar-refractivity contribution >= 4 is 0 Å². The minimum absolute atomic E-state index is 0.147. The average Bonchev–Trinajstić information content (AvgIpc) is 3.12. The van der Waals surface area contributed by atoms with E-state index in [4.69, 9.17) is 0 Å². The SMILES string of the molecule is OCCc1cc2c(c(-c3ccccc3)c1-c1ccccc1)Cc1ccccc1-2. The summed E-state index contributed by atoms with van der Waals surface area (Å²) >= 11 is 0. The second-order valence-electron chi connectivity index (χ2n) is 7.35. The zero-order chi connectivity index (χ0) is 18.9. The molecule has 0 heterocycles. The molecule has 0 unspecified atom stereocenters. The summed E-state index contributed by atoms with van der Waals surface area (Å²) in [5, 5.41) is 9.80. The van der Waals surface area contributed by atoms with Crippen LogP contribution in [0, 0.1) is 0 Å². The summed E-state index contributed by atoms with van der Waals surface area (Å²) in [6, 6.07) is 32.3. The zero-order valence-electron chi connectivity index (χ0n) is 15.7. The number of benzene rings is 4. The van der Waals surface area contributed by atoms with E-state index in [0.29, 0.717) is 6.42 Å². The maximum absolute atomic E-state index is 9.80. The first-order valence-corrected chi connectivity index (χ1v) is 9.85. The van der Waals surface area contributed by atoms with Gasteiger partial charge >= 0.3 is 0 Å². The third-order valence-corrected chi connectivity index (χ3v) is 5.70. The Morgan fingerprint density at radius 3 is 1.93 bits per heavy atom. The Morgan fingerprint density at radius 1 is 0.643 bits per heavy atom. The van der Waals surface area contributed by atoms with Crippen molar-refractivity contribution in [1.82, 2.24) is 0 Å². The van der Waals surface area contributed by atoms with E-state index in [-0.39, 0.29) is 6.61 Å². The molecule has 1 aliphatic rings. The van der Waals surface area contributed by atoms with Gasteiger partial charge in [-0.3, -0.25) is 0 Å². The van der Waals surface area contributed by atoms with E-state index in [0.717, 1.165) is 6.42 Å². The number of aliphatic hydroxyl groups excluding tert-OH is 1. The smallest absolute Gasteiger partial charge is 0.0471 e. The highest BCUT2D eigenvalue weighted by atomic mass is 16.2. The second-order valence-corrected chi connectivity index (χ2v) is 7.35. The van der Waals surface area contributed by atoms with Gasteiger partial charge in [0, 0.05) is 6.61 Å². The molecule has 0 saturated carbocycles. The van der Waals surface area contributed by atoms with Crippen molar-refractivity contribution in [2.24, 2.45) is 0 Å². The summed E-state index contributed by atoms with van der Waals surface area (Å²) in [4.78, 5) is 0. The fraction of sp³-hybridized carbons (Fsp3) is 0.111. The maximum Gasteiger partial charge on any atom is 0.0471 e. The normalized spacial score (nSPS) is 11.9. The van der Waals surface area contributed by atoms with E-state index in [1.54, 1.807) is 0 Å². The van der Waals surface area contributed by atoms with Crippen LogP contribution in [0.2, 0.25) is 0 Å². The minimum atomic E-state index is 0.147. The monoisotopic (exact) mass is 362 g/mol. The van der Waals surface area contributed by atoms with Gasteiger partial charge in [0.15, 0.2) is 0 Å². The molecule has 4 aromatic rings. The third-order valence-electron chi connectivity index (χ3n) is 5.70. The molecule has 1 N–H and O–H groups in total. The third kappa shape index (κ3) is 2.76. The van der Waals surface area contributed by atoms with Crippen LogP contribution in [0.15, 0.2) is 91.0 Å². The molecule has 0 fully saturated rings. The van der Waals surface area contributed by atoms with Crippen LogP contribution in [-0.2, 0) is 12.8 Å². The van der Waals surface area contributed by atoms with Crippen LogP contribution in [0.5, 0.6) is 0 Å². The van der Waals surface area contributed by atoms with Gasteiger partial charge in [0.1, 0.15) is 0 Å². The summed E-state index contributed by atoms with van der Waals surface area (Å²) in [5.41, 5.74) is 11.7. The predicted octanol–water partition coefficient (Wildman–Crippen LogP) is 6.13. The van der Waals surface area contributed by atoms with Gasteiger partial charge in [0.2, 0.25) is 0 Å². The van der Waals surface area contributed by atoms with Crippen molar-refractivity contribution < 1.29 is 5.11 Å². The summed E-state index contributed by atoms with van der Waals surface area (Å²) in [6.45, 7) is 0.147. The van der Waals surface area contributed by atoms with Crippen molar-refractivity contribution in [3.8, 4) is 33.4 Å². The van der Waals surface area contributed by atoms with E-state index < -0.39 is 0 Å². The fourth-order valence-electron chi connectivity index (χ4n) is 4.51. The largest absolute Gasteiger partial charge is 0.396 e. The van der Waals surface area contributed by atoms with E-state index in [1.807, 2.05) is 0 Å². The first-order chi connectivity index (χ1) is 13.9. The molecule has 0 aromatic heterocycles. The van der Waals surface area contributed by atoms with Crippen molar-refractivity contribution in [2.75, 3.05) is 6.61 Å².